The summed E-state index contributed by atoms with van der Waals surface area (Å²) in [6.07, 6.45) is 3.30. The second-order valence-electron chi connectivity index (χ2n) is 4.91. The molecule has 1 spiro atoms. The molecule has 1 aromatic carbocycles. The van der Waals surface area contributed by atoms with Crippen molar-refractivity contribution in [2.45, 2.75) is 31.3 Å². The summed E-state index contributed by atoms with van der Waals surface area (Å²) in [5, 5.41) is 2.92. The zero-order valence-electron chi connectivity index (χ0n) is 9.78. The third kappa shape index (κ3) is 1.69. The highest BCUT2D eigenvalue weighted by molar-refractivity contribution is 5.95. The van der Waals surface area contributed by atoms with Crippen LogP contribution < -0.4 is 16.0 Å². The third-order valence-electron chi connectivity index (χ3n) is 3.80. The van der Waals surface area contributed by atoms with E-state index in [9.17, 15) is 4.79 Å². The summed E-state index contributed by atoms with van der Waals surface area (Å²) < 4.78 is 0. The highest BCUT2D eigenvalue weighted by Crippen LogP contribution is 2.48. The van der Waals surface area contributed by atoms with Crippen LogP contribution in [0.25, 0.3) is 0 Å². The van der Waals surface area contributed by atoms with Crippen molar-refractivity contribution in [3.63, 3.8) is 0 Å². The molecule has 2 aliphatic rings. The lowest BCUT2D eigenvalue weighted by atomic mass is 10.1. The first-order valence-corrected chi connectivity index (χ1v) is 6.12. The molecule has 0 radical (unpaired) electrons. The van der Waals surface area contributed by atoms with Gasteiger partial charge in [0.15, 0.2) is 0 Å². The molecule has 1 saturated carbocycles. The van der Waals surface area contributed by atoms with E-state index in [-0.39, 0.29) is 11.6 Å². The van der Waals surface area contributed by atoms with Crippen LogP contribution in [0.15, 0.2) is 24.3 Å². The van der Waals surface area contributed by atoms with E-state index in [0.29, 0.717) is 6.54 Å². The van der Waals surface area contributed by atoms with Crippen molar-refractivity contribution < 1.29 is 4.79 Å². The van der Waals surface area contributed by atoms with E-state index in [1.165, 1.54) is 0 Å². The smallest absolute Gasteiger partial charge is 0.322 e. The molecule has 0 atom stereocenters. The minimum absolute atomic E-state index is 0.0363. The molecule has 1 aliphatic carbocycles. The van der Waals surface area contributed by atoms with Crippen molar-refractivity contribution in [2.24, 2.45) is 5.73 Å². The number of rotatable bonds is 2. The van der Waals surface area contributed by atoms with E-state index in [1.54, 1.807) is 0 Å². The van der Waals surface area contributed by atoms with Gasteiger partial charge in [-0.3, -0.25) is 4.90 Å². The summed E-state index contributed by atoms with van der Waals surface area (Å²) in [6, 6.07) is 8.01. The Labute approximate surface area is 101 Å². The fourth-order valence-corrected chi connectivity index (χ4v) is 2.60. The number of anilines is 1. The molecule has 2 amide bonds. The van der Waals surface area contributed by atoms with Crippen molar-refractivity contribution in [2.75, 3.05) is 11.4 Å². The first-order chi connectivity index (χ1) is 8.25. The zero-order valence-corrected chi connectivity index (χ0v) is 9.78. The summed E-state index contributed by atoms with van der Waals surface area (Å²) in [5.74, 6) is 0. The fourth-order valence-electron chi connectivity index (χ4n) is 2.60. The van der Waals surface area contributed by atoms with E-state index in [1.807, 2.05) is 29.2 Å². The summed E-state index contributed by atoms with van der Waals surface area (Å²) >= 11 is 0. The third-order valence-corrected chi connectivity index (χ3v) is 3.80. The van der Waals surface area contributed by atoms with Crippen molar-refractivity contribution in [1.82, 2.24) is 5.32 Å². The van der Waals surface area contributed by atoms with Gasteiger partial charge in [-0.15, -0.1) is 0 Å². The largest absolute Gasteiger partial charge is 0.338 e. The number of nitrogens with one attached hydrogen (secondary N) is 1. The second kappa shape index (κ2) is 3.74. The number of urea groups is 1. The van der Waals surface area contributed by atoms with Crippen LogP contribution >= 0.6 is 0 Å². The quantitative estimate of drug-likeness (QED) is 0.812. The van der Waals surface area contributed by atoms with Gasteiger partial charge in [0.25, 0.3) is 0 Å². The Kier molecular flexibility index (Phi) is 2.33. The molecule has 3 rings (SSSR count). The first kappa shape index (κ1) is 10.6. The first-order valence-electron chi connectivity index (χ1n) is 6.12. The molecule has 3 N–H and O–H groups in total. The van der Waals surface area contributed by atoms with Crippen LogP contribution in [0.1, 0.15) is 24.8 Å². The van der Waals surface area contributed by atoms with Gasteiger partial charge in [-0.05, 0) is 37.0 Å². The number of carbonyl (C=O) groups is 1. The van der Waals surface area contributed by atoms with E-state index >= 15 is 0 Å². The standard InChI is InChI=1S/C13H17N3O/c14-9-10-1-3-11(4-2-10)16-12(17)15-8-7-13(16)5-6-13/h1-4H,5-9,14H2,(H,15,17). The molecule has 0 unspecified atom stereocenters. The SMILES string of the molecule is NCc1ccc(N2C(=O)NCCC23CC3)cc1. The Bertz CT molecular complexity index is 436. The Morgan fingerprint density at radius 2 is 1.94 bits per heavy atom. The Hall–Kier alpha value is -1.55. The molecule has 1 saturated heterocycles. The van der Waals surface area contributed by atoms with Crippen molar-refractivity contribution >= 4 is 11.7 Å². The molecule has 17 heavy (non-hydrogen) atoms. The number of amides is 2. The molecular formula is C13H17N3O. The topological polar surface area (TPSA) is 58.4 Å². The molecule has 0 aromatic heterocycles. The monoisotopic (exact) mass is 231 g/mol. The summed E-state index contributed by atoms with van der Waals surface area (Å²) in [7, 11) is 0. The number of nitrogens with two attached hydrogens (primary N) is 1. The van der Waals surface area contributed by atoms with Gasteiger partial charge in [0.1, 0.15) is 0 Å². The summed E-state index contributed by atoms with van der Waals surface area (Å²) in [6.45, 7) is 1.34. The number of carbonyl (C=O) groups excluding carboxylic acids is 1. The van der Waals surface area contributed by atoms with Crippen molar-refractivity contribution in [3.05, 3.63) is 29.8 Å². The molecule has 1 aromatic rings. The number of hydrogen-bond acceptors (Lipinski definition) is 2. The number of benzene rings is 1. The zero-order chi connectivity index (χ0) is 11.9. The average Bonchev–Trinajstić information content (AvgIpc) is 3.10. The number of nitrogens with zero attached hydrogens (tertiary/aromatic N) is 1. The van der Waals surface area contributed by atoms with Crippen LogP contribution in [-0.2, 0) is 6.54 Å². The Balaban J connectivity index is 1.92. The lowest BCUT2D eigenvalue weighted by Crippen LogP contribution is -2.54. The highest BCUT2D eigenvalue weighted by atomic mass is 16.2. The van der Waals surface area contributed by atoms with Gasteiger partial charge in [0.05, 0.1) is 5.54 Å². The predicted octanol–water partition coefficient (Wildman–Crippen LogP) is 1.60. The average molecular weight is 231 g/mol. The van der Waals surface area contributed by atoms with Crippen molar-refractivity contribution in [3.8, 4) is 0 Å². The van der Waals surface area contributed by atoms with Crippen LogP contribution in [0.3, 0.4) is 0 Å². The normalized spacial score (nSPS) is 21.5. The van der Waals surface area contributed by atoms with Gasteiger partial charge in [0.2, 0.25) is 0 Å². The minimum atomic E-state index is 0.0363. The summed E-state index contributed by atoms with van der Waals surface area (Å²) in [4.78, 5) is 13.9. The minimum Gasteiger partial charge on any atom is -0.338 e. The maximum absolute atomic E-state index is 12.0. The Morgan fingerprint density at radius 3 is 2.53 bits per heavy atom. The lowest BCUT2D eigenvalue weighted by molar-refractivity contribution is 0.236. The highest BCUT2D eigenvalue weighted by Gasteiger charge is 2.52. The van der Waals surface area contributed by atoms with E-state index in [0.717, 1.165) is 37.1 Å². The fraction of sp³-hybridized carbons (Fsp3) is 0.462. The van der Waals surface area contributed by atoms with E-state index < -0.39 is 0 Å². The lowest BCUT2D eigenvalue weighted by Gasteiger charge is -2.36. The van der Waals surface area contributed by atoms with Crippen LogP contribution in [0.5, 0.6) is 0 Å². The van der Waals surface area contributed by atoms with Crippen LogP contribution in [0, 0.1) is 0 Å². The molecule has 4 nitrogen and oxygen atoms in total. The van der Waals surface area contributed by atoms with Crippen LogP contribution in [0.4, 0.5) is 10.5 Å². The molecule has 2 fully saturated rings. The maximum atomic E-state index is 12.0. The van der Waals surface area contributed by atoms with Gasteiger partial charge in [-0.25, -0.2) is 4.79 Å². The van der Waals surface area contributed by atoms with Crippen LogP contribution in [-0.4, -0.2) is 18.1 Å². The van der Waals surface area contributed by atoms with Gasteiger partial charge in [0, 0.05) is 18.8 Å². The van der Waals surface area contributed by atoms with Gasteiger partial charge in [-0.1, -0.05) is 12.1 Å². The molecule has 1 aliphatic heterocycles. The molecular weight excluding hydrogens is 214 g/mol. The molecule has 1 heterocycles. The van der Waals surface area contributed by atoms with Gasteiger partial charge in [-0.2, -0.15) is 0 Å². The Morgan fingerprint density at radius 1 is 1.24 bits per heavy atom. The number of hydrogen-bond donors (Lipinski definition) is 2. The van der Waals surface area contributed by atoms with Crippen LogP contribution in [0.2, 0.25) is 0 Å². The molecule has 4 heteroatoms. The predicted molar refractivity (Wildman–Crippen MR) is 66.8 cm³/mol. The molecule has 90 valence electrons. The second-order valence-corrected chi connectivity index (χ2v) is 4.91. The summed E-state index contributed by atoms with van der Waals surface area (Å²) in [5.41, 5.74) is 7.76. The van der Waals surface area contributed by atoms with Gasteiger partial charge >= 0.3 is 6.03 Å². The molecule has 0 bridgehead atoms. The van der Waals surface area contributed by atoms with E-state index in [2.05, 4.69) is 5.32 Å². The van der Waals surface area contributed by atoms with Gasteiger partial charge < -0.3 is 11.1 Å². The van der Waals surface area contributed by atoms with E-state index in [4.69, 9.17) is 5.73 Å². The van der Waals surface area contributed by atoms with Crippen molar-refractivity contribution in [1.29, 1.82) is 0 Å². The maximum Gasteiger partial charge on any atom is 0.322 e.